The van der Waals surface area contributed by atoms with E-state index in [1.54, 1.807) is 0 Å². The van der Waals surface area contributed by atoms with Gasteiger partial charge in [-0.25, -0.2) is 0 Å². The molecule has 2 unspecified atom stereocenters. The van der Waals surface area contributed by atoms with E-state index in [9.17, 15) is 14.7 Å². The van der Waals surface area contributed by atoms with Gasteiger partial charge in [0.05, 0.1) is 21.1 Å². The Morgan fingerprint density at radius 1 is 0.714 bits per heavy atom. The molecule has 0 aliphatic heterocycles. The molecule has 0 rings (SSSR count). The van der Waals surface area contributed by atoms with Gasteiger partial charge in [0.25, 0.3) is 0 Å². The van der Waals surface area contributed by atoms with E-state index in [0.717, 1.165) is 25.2 Å². The first-order valence-electron chi connectivity index (χ1n) is 14.8. The molecule has 0 aliphatic carbocycles. The van der Waals surface area contributed by atoms with Crippen LogP contribution in [0.1, 0.15) is 142 Å². The van der Waals surface area contributed by atoms with Crippen molar-refractivity contribution in [2.45, 2.75) is 148 Å². The van der Waals surface area contributed by atoms with Gasteiger partial charge in [-0.05, 0) is 12.3 Å². The van der Waals surface area contributed by atoms with Gasteiger partial charge in [-0.3, -0.25) is 4.79 Å². The van der Waals surface area contributed by atoms with Crippen LogP contribution in [0.4, 0.5) is 0 Å². The Hall–Kier alpha value is -1.10. The quantitative estimate of drug-likeness (QED) is 0.0789. The second kappa shape index (κ2) is 22.1. The van der Waals surface area contributed by atoms with Crippen molar-refractivity contribution in [3.05, 3.63) is 0 Å². The summed E-state index contributed by atoms with van der Waals surface area (Å²) in [5, 5.41) is 10.9. The minimum Gasteiger partial charge on any atom is -0.550 e. The van der Waals surface area contributed by atoms with Gasteiger partial charge in [0, 0.05) is 18.8 Å². The van der Waals surface area contributed by atoms with E-state index >= 15 is 0 Å². The number of hydrogen-bond donors (Lipinski definition) is 0. The topological polar surface area (TPSA) is 66.4 Å². The van der Waals surface area contributed by atoms with Crippen molar-refractivity contribution in [3.8, 4) is 0 Å². The third kappa shape index (κ3) is 25.8. The van der Waals surface area contributed by atoms with Crippen LogP contribution >= 0.6 is 0 Å². The fourth-order valence-electron chi connectivity index (χ4n) is 4.78. The lowest BCUT2D eigenvalue weighted by Crippen LogP contribution is -2.45. The molecule has 0 heterocycles. The van der Waals surface area contributed by atoms with Crippen LogP contribution in [0.2, 0.25) is 0 Å². The summed E-state index contributed by atoms with van der Waals surface area (Å²) < 4.78 is 5.95. The lowest BCUT2D eigenvalue weighted by molar-refractivity contribution is -0.873. The maximum atomic E-state index is 12.1. The monoisotopic (exact) mass is 497 g/mol. The molecule has 0 spiro atoms. The molecule has 0 saturated carbocycles. The average Bonchev–Trinajstić information content (AvgIpc) is 2.75. The predicted octanol–water partition coefficient (Wildman–Crippen LogP) is 6.81. The smallest absolute Gasteiger partial charge is 0.306 e. The van der Waals surface area contributed by atoms with Gasteiger partial charge in [0.1, 0.15) is 6.54 Å². The standard InChI is InChI=1S/C30H59NO4/c1-6-7-8-9-10-11-13-16-19-22-27(2)23-20-17-14-12-15-18-21-24-30(34)35-28(25-29(32)33)26-31(3,4)5/h27-28H,6-26H2,1-5H3. The Balaban J connectivity index is 3.57. The number of carboxylic acid groups (broad SMARTS) is 1. The number of ether oxygens (including phenoxy) is 1. The molecular weight excluding hydrogens is 438 g/mol. The molecule has 0 aliphatic rings. The summed E-state index contributed by atoms with van der Waals surface area (Å²) >= 11 is 0. The van der Waals surface area contributed by atoms with Crippen LogP contribution in [-0.4, -0.2) is 50.2 Å². The molecule has 0 amide bonds. The maximum absolute atomic E-state index is 12.1. The first-order valence-corrected chi connectivity index (χ1v) is 14.8. The highest BCUT2D eigenvalue weighted by atomic mass is 16.5. The van der Waals surface area contributed by atoms with Crippen LogP contribution in [0.25, 0.3) is 0 Å². The Labute approximate surface area is 218 Å². The number of esters is 1. The fraction of sp³-hybridized carbons (Fsp3) is 0.933. The second-order valence-electron chi connectivity index (χ2n) is 11.9. The molecule has 2 atom stereocenters. The number of likely N-dealkylation sites (N-methyl/N-ethyl adjacent to an activating group) is 1. The summed E-state index contributed by atoms with van der Waals surface area (Å²) in [7, 11) is 5.86. The van der Waals surface area contributed by atoms with Crippen LogP contribution in [0.5, 0.6) is 0 Å². The van der Waals surface area contributed by atoms with Gasteiger partial charge in [-0.1, -0.05) is 123 Å². The summed E-state index contributed by atoms with van der Waals surface area (Å²) in [6.45, 7) is 5.17. The number of hydrogen-bond acceptors (Lipinski definition) is 4. The Morgan fingerprint density at radius 2 is 1.14 bits per heavy atom. The Morgan fingerprint density at radius 3 is 1.57 bits per heavy atom. The number of aliphatic carboxylic acids is 1. The average molecular weight is 498 g/mol. The second-order valence-corrected chi connectivity index (χ2v) is 11.9. The maximum Gasteiger partial charge on any atom is 0.306 e. The number of rotatable bonds is 25. The van der Waals surface area contributed by atoms with Crippen LogP contribution in [0.3, 0.4) is 0 Å². The summed E-state index contributed by atoms with van der Waals surface area (Å²) in [5.74, 6) is -0.594. The predicted molar refractivity (Wildman–Crippen MR) is 145 cm³/mol. The first kappa shape index (κ1) is 33.9. The van der Waals surface area contributed by atoms with Crippen molar-refractivity contribution < 1.29 is 23.9 Å². The van der Waals surface area contributed by atoms with Gasteiger partial charge in [0.2, 0.25) is 0 Å². The summed E-state index contributed by atoms with van der Waals surface area (Å²) in [6, 6.07) is 0. The lowest BCUT2D eigenvalue weighted by Gasteiger charge is -2.29. The lowest BCUT2D eigenvalue weighted by atomic mass is 9.95. The number of carboxylic acids is 1. The van der Waals surface area contributed by atoms with E-state index in [0.29, 0.717) is 17.4 Å². The molecule has 0 N–H and O–H groups in total. The zero-order valence-corrected chi connectivity index (χ0v) is 24.1. The van der Waals surface area contributed by atoms with Gasteiger partial charge in [0.15, 0.2) is 6.10 Å². The molecule has 0 bridgehead atoms. The number of nitrogens with zero attached hydrogens (tertiary/aromatic N) is 1. The van der Waals surface area contributed by atoms with E-state index < -0.39 is 12.1 Å². The van der Waals surface area contributed by atoms with Gasteiger partial charge in [-0.2, -0.15) is 0 Å². The first-order chi connectivity index (χ1) is 16.6. The Bertz CT molecular complexity index is 515. The fourth-order valence-corrected chi connectivity index (χ4v) is 4.78. The molecule has 5 heteroatoms. The SMILES string of the molecule is CCCCCCCCCCCC(C)CCCCCCCCCC(=O)OC(CC(=O)[O-])C[N+](C)(C)C. The molecule has 0 aromatic rings. The normalized spacial score (nSPS) is 13.5. The van der Waals surface area contributed by atoms with Crippen molar-refractivity contribution >= 4 is 11.9 Å². The summed E-state index contributed by atoms with van der Waals surface area (Å²) in [5.41, 5.74) is 0. The third-order valence-corrected chi connectivity index (χ3v) is 6.82. The molecule has 0 saturated heterocycles. The minimum absolute atomic E-state index is 0.237. The zero-order chi connectivity index (χ0) is 26.4. The molecule has 0 radical (unpaired) electrons. The molecule has 35 heavy (non-hydrogen) atoms. The van der Waals surface area contributed by atoms with Gasteiger partial charge < -0.3 is 19.1 Å². The highest BCUT2D eigenvalue weighted by Crippen LogP contribution is 2.19. The van der Waals surface area contributed by atoms with Crippen LogP contribution in [0.15, 0.2) is 0 Å². The van der Waals surface area contributed by atoms with Crippen LogP contribution in [-0.2, 0) is 14.3 Å². The zero-order valence-electron chi connectivity index (χ0n) is 24.1. The van der Waals surface area contributed by atoms with E-state index in [4.69, 9.17) is 4.74 Å². The van der Waals surface area contributed by atoms with Crippen molar-refractivity contribution in [1.82, 2.24) is 0 Å². The number of unbranched alkanes of at least 4 members (excludes halogenated alkanes) is 14. The van der Waals surface area contributed by atoms with E-state index in [2.05, 4.69) is 13.8 Å². The largest absolute Gasteiger partial charge is 0.550 e. The Kier molecular flexibility index (Phi) is 21.4. The summed E-state index contributed by atoms with van der Waals surface area (Å²) in [4.78, 5) is 23.0. The molecular formula is C30H59NO4. The highest BCUT2D eigenvalue weighted by Gasteiger charge is 2.22. The number of carbonyl (C=O) groups excluding carboxylic acids is 2. The van der Waals surface area contributed by atoms with Crippen LogP contribution < -0.4 is 5.11 Å². The van der Waals surface area contributed by atoms with Crippen molar-refractivity contribution in [2.75, 3.05) is 27.7 Å². The molecule has 0 aromatic heterocycles. The molecule has 0 fully saturated rings. The van der Waals surface area contributed by atoms with E-state index in [-0.39, 0.29) is 12.4 Å². The third-order valence-electron chi connectivity index (χ3n) is 6.82. The van der Waals surface area contributed by atoms with Crippen LogP contribution in [0, 0.1) is 5.92 Å². The highest BCUT2D eigenvalue weighted by molar-refractivity contribution is 5.70. The summed E-state index contributed by atoms with van der Waals surface area (Å²) in [6.07, 6.45) is 23.2. The van der Waals surface area contributed by atoms with Crippen molar-refractivity contribution in [1.29, 1.82) is 0 Å². The van der Waals surface area contributed by atoms with Gasteiger partial charge >= 0.3 is 5.97 Å². The number of carbonyl (C=O) groups is 2. The molecule has 0 aromatic carbocycles. The van der Waals surface area contributed by atoms with Crippen molar-refractivity contribution in [3.63, 3.8) is 0 Å². The molecule has 5 nitrogen and oxygen atoms in total. The van der Waals surface area contributed by atoms with E-state index in [1.807, 2.05) is 21.1 Å². The van der Waals surface area contributed by atoms with Crippen molar-refractivity contribution in [2.24, 2.45) is 5.92 Å². The van der Waals surface area contributed by atoms with E-state index in [1.165, 1.54) is 96.3 Å². The molecule has 208 valence electrons. The van der Waals surface area contributed by atoms with Gasteiger partial charge in [-0.15, -0.1) is 0 Å². The minimum atomic E-state index is -1.17. The number of quaternary nitrogens is 1.